The molecule has 1 heterocycles. The Bertz CT molecular complexity index is 531. The van der Waals surface area contributed by atoms with Crippen LogP contribution in [0.3, 0.4) is 0 Å². The second kappa shape index (κ2) is 5.16. The first-order valence-electron chi connectivity index (χ1n) is 7.89. The van der Waals surface area contributed by atoms with Gasteiger partial charge in [0, 0.05) is 18.8 Å². The van der Waals surface area contributed by atoms with E-state index in [-0.39, 0.29) is 19.3 Å². The molecule has 130 valence electrons. The maximum absolute atomic E-state index is 13.9. The maximum Gasteiger partial charge on any atom is 0.292 e. The molecule has 0 unspecified atom stereocenters. The summed E-state index contributed by atoms with van der Waals surface area (Å²) in [6.45, 7) is -1.03. The number of amides is 1. The molecular formula is C15H19F4NO3. The molecule has 0 bridgehead atoms. The Morgan fingerprint density at radius 2 is 1.65 bits per heavy atom. The third-order valence-corrected chi connectivity index (χ3v) is 5.52. The second-order valence-electron chi connectivity index (χ2n) is 7.03. The van der Waals surface area contributed by atoms with Crippen molar-refractivity contribution in [3.8, 4) is 0 Å². The Balaban J connectivity index is 1.82. The monoisotopic (exact) mass is 337 g/mol. The lowest BCUT2D eigenvalue weighted by molar-refractivity contribution is -0.151. The number of nitrogens with zero attached hydrogens (tertiary/aromatic N) is 1. The highest BCUT2D eigenvalue weighted by Crippen LogP contribution is 2.49. The minimum absolute atomic E-state index is 0.114. The van der Waals surface area contributed by atoms with E-state index in [0.29, 0.717) is 12.8 Å². The SMILES string of the molecule is O=C(C(=O)N1CC(F)(F)[C@H](O)C12CCCC2)[C@@H]1CCC(F)(F)C1. The minimum Gasteiger partial charge on any atom is -0.384 e. The topological polar surface area (TPSA) is 57.6 Å². The van der Waals surface area contributed by atoms with Gasteiger partial charge in [0.1, 0.15) is 6.10 Å². The smallest absolute Gasteiger partial charge is 0.292 e. The number of hydrogen-bond donors (Lipinski definition) is 1. The molecule has 1 spiro atoms. The van der Waals surface area contributed by atoms with E-state index < -0.39 is 60.5 Å². The van der Waals surface area contributed by atoms with Gasteiger partial charge in [0.15, 0.2) is 0 Å². The van der Waals surface area contributed by atoms with Crippen molar-refractivity contribution in [3.63, 3.8) is 0 Å². The first kappa shape index (κ1) is 16.7. The molecule has 0 aromatic carbocycles. The number of hydrogen-bond acceptors (Lipinski definition) is 3. The summed E-state index contributed by atoms with van der Waals surface area (Å²) >= 11 is 0. The third-order valence-electron chi connectivity index (χ3n) is 5.52. The van der Waals surface area contributed by atoms with Crippen molar-refractivity contribution >= 4 is 11.7 Å². The van der Waals surface area contributed by atoms with Gasteiger partial charge in [-0.25, -0.2) is 17.6 Å². The van der Waals surface area contributed by atoms with E-state index in [1.165, 1.54) is 0 Å². The van der Waals surface area contributed by atoms with Crippen LogP contribution < -0.4 is 0 Å². The number of aliphatic hydroxyl groups is 1. The molecule has 1 amide bonds. The van der Waals surface area contributed by atoms with Crippen LogP contribution in [0.5, 0.6) is 0 Å². The number of likely N-dealkylation sites (tertiary alicyclic amines) is 1. The molecule has 1 aliphatic heterocycles. The van der Waals surface area contributed by atoms with Crippen molar-refractivity contribution in [2.75, 3.05) is 6.54 Å². The average Bonchev–Trinajstić information content (AvgIpc) is 3.13. The van der Waals surface area contributed by atoms with E-state index in [1.54, 1.807) is 0 Å². The van der Waals surface area contributed by atoms with Crippen LogP contribution in [0.25, 0.3) is 0 Å². The van der Waals surface area contributed by atoms with Gasteiger partial charge in [-0.05, 0) is 19.3 Å². The second-order valence-corrected chi connectivity index (χ2v) is 7.03. The van der Waals surface area contributed by atoms with Crippen LogP contribution in [-0.2, 0) is 9.59 Å². The van der Waals surface area contributed by atoms with E-state index in [1.807, 2.05) is 0 Å². The van der Waals surface area contributed by atoms with Crippen LogP contribution >= 0.6 is 0 Å². The van der Waals surface area contributed by atoms with E-state index >= 15 is 0 Å². The number of aliphatic hydroxyl groups excluding tert-OH is 1. The number of alkyl halides is 4. The zero-order valence-electron chi connectivity index (χ0n) is 12.5. The van der Waals surface area contributed by atoms with Crippen molar-refractivity contribution in [1.82, 2.24) is 4.90 Å². The molecular weight excluding hydrogens is 318 g/mol. The lowest BCUT2D eigenvalue weighted by Crippen LogP contribution is -2.54. The van der Waals surface area contributed by atoms with Crippen LogP contribution in [0.1, 0.15) is 44.9 Å². The molecule has 0 radical (unpaired) electrons. The number of carbonyl (C=O) groups is 2. The lowest BCUT2D eigenvalue weighted by atomic mass is 9.89. The van der Waals surface area contributed by atoms with E-state index in [9.17, 15) is 32.3 Å². The third kappa shape index (κ3) is 2.55. The Kier molecular flexibility index (Phi) is 3.74. The Hall–Kier alpha value is -1.18. The standard InChI is InChI=1S/C15H19F4NO3/c16-14(17)6-3-9(7-14)10(21)11(22)20-8-15(18,19)12(23)13(20)4-1-2-5-13/h9,12,23H,1-8H2/t9-,12-/m1/s1. The van der Waals surface area contributed by atoms with Crippen LogP contribution in [0.2, 0.25) is 0 Å². The van der Waals surface area contributed by atoms with E-state index in [2.05, 4.69) is 0 Å². The molecule has 3 rings (SSSR count). The summed E-state index contributed by atoms with van der Waals surface area (Å²) < 4.78 is 54.3. The van der Waals surface area contributed by atoms with Gasteiger partial charge >= 0.3 is 0 Å². The molecule has 3 fully saturated rings. The molecule has 1 saturated heterocycles. The summed E-state index contributed by atoms with van der Waals surface area (Å²) in [5, 5.41) is 9.98. The molecule has 8 heteroatoms. The van der Waals surface area contributed by atoms with Gasteiger partial charge in [-0.1, -0.05) is 12.8 Å². The quantitative estimate of drug-likeness (QED) is 0.620. The predicted octanol–water partition coefficient (Wildman–Crippen LogP) is 2.14. The molecule has 2 aliphatic carbocycles. The average molecular weight is 337 g/mol. The first-order valence-corrected chi connectivity index (χ1v) is 7.89. The molecule has 4 nitrogen and oxygen atoms in total. The largest absolute Gasteiger partial charge is 0.384 e. The minimum atomic E-state index is -3.49. The van der Waals surface area contributed by atoms with Crippen molar-refractivity contribution in [1.29, 1.82) is 0 Å². The highest BCUT2D eigenvalue weighted by atomic mass is 19.3. The van der Waals surface area contributed by atoms with Gasteiger partial charge in [-0.2, -0.15) is 0 Å². The molecule has 1 N–H and O–H groups in total. The summed E-state index contributed by atoms with van der Waals surface area (Å²) in [7, 11) is 0. The normalized spacial score (nSPS) is 34.2. The summed E-state index contributed by atoms with van der Waals surface area (Å²) in [6, 6.07) is 0. The van der Waals surface area contributed by atoms with Crippen molar-refractivity contribution in [3.05, 3.63) is 0 Å². The van der Waals surface area contributed by atoms with Crippen molar-refractivity contribution in [2.24, 2.45) is 5.92 Å². The van der Waals surface area contributed by atoms with Crippen LogP contribution in [0.15, 0.2) is 0 Å². The predicted molar refractivity (Wildman–Crippen MR) is 71.2 cm³/mol. The number of ketones is 1. The fourth-order valence-electron chi connectivity index (χ4n) is 4.28. The van der Waals surface area contributed by atoms with E-state index in [0.717, 1.165) is 4.90 Å². The first-order chi connectivity index (χ1) is 10.6. The van der Waals surface area contributed by atoms with Gasteiger partial charge < -0.3 is 10.0 Å². The molecule has 0 aromatic rings. The Labute approximate surface area is 130 Å². The Morgan fingerprint density at radius 1 is 1.04 bits per heavy atom. The Morgan fingerprint density at radius 3 is 2.17 bits per heavy atom. The summed E-state index contributed by atoms with van der Waals surface area (Å²) in [4.78, 5) is 25.4. The summed E-state index contributed by atoms with van der Waals surface area (Å²) in [5.74, 6) is -9.77. The van der Waals surface area contributed by atoms with Gasteiger partial charge in [0.2, 0.25) is 11.7 Å². The zero-order chi connectivity index (χ0) is 17.0. The number of Topliss-reactive ketones (excluding diaryl/α,β-unsaturated/α-hetero) is 1. The van der Waals surface area contributed by atoms with Crippen LogP contribution in [-0.4, -0.2) is 51.7 Å². The highest BCUT2D eigenvalue weighted by Gasteiger charge is 2.65. The van der Waals surface area contributed by atoms with Crippen molar-refractivity contribution in [2.45, 2.75) is 68.4 Å². The number of halogens is 4. The molecule has 0 aromatic heterocycles. The molecule has 2 saturated carbocycles. The van der Waals surface area contributed by atoms with Crippen LogP contribution in [0.4, 0.5) is 17.6 Å². The zero-order valence-corrected chi connectivity index (χ0v) is 12.5. The van der Waals surface area contributed by atoms with E-state index in [4.69, 9.17) is 0 Å². The highest BCUT2D eigenvalue weighted by molar-refractivity contribution is 6.37. The van der Waals surface area contributed by atoms with Crippen LogP contribution in [0, 0.1) is 5.92 Å². The maximum atomic E-state index is 13.9. The summed E-state index contributed by atoms with van der Waals surface area (Å²) in [6.07, 6.45) is -1.76. The van der Waals surface area contributed by atoms with Gasteiger partial charge in [0.05, 0.1) is 12.1 Å². The van der Waals surface area contributed by atoms with Gasteiger partial charge in [0.25, 0.3) is 11.8 Å². The number of rotatable bonds is 2. The molecule has 3 aliphatic rings. The number of carbonyl (C=O) groups excluding carboxylic acids is 2. The molecule has 23 heavy (non-hydrogen) atoms. The van der Waals surface area contributed by atoms with Gasteiger partial charge in [-0.3, -0.25) is 9.59 Å². The molecule has 2 atom stereocenters. The van der Waals surface area contributed by atoms with Gasteiger partial charge in [-0.15, -0.1) is 0 Å². The fraction of sp³-hybridized carbons (Fsp3) is 0.867. The fourth-order valence-corrected chi connectivity index (χ4v) is 4.28. The van der Waals surface area contributed by atoms with Crippen molar-refractivity contribution < 1.29 is 32.3 Å². The summed E-state index contributed by atoms with van der Waals surface area (Å²) in [5.41, 5.74) is -1.43. The lowest BCUT2D eigenvalue weighted by Gasteiger charge is -2.36.